The lowest BCUT2D eigenvalue weighted by Gasteiger charge is -2.20. The van der Waals surface area contributed by atoms with Gasteiger partial charge >= 0.3 is 0 Å². The molecule has 0 aliphatic carbocycles. The lowest BCUT2D eigenvalue weighted by Crippen LogP contribution is -2.31. The van der Waals surface area contributed by atoms with Crippen molar-refractivity contribution in [1.29, 1.82) is 0 Å². The Balaban J connectivity index is 2.09. The van der Waals surface area contributed by atoms with Crippen LogP contribution in [0, 0.1) is 6.92 Å². The fourth-order valence-electron chi connectivity index (χ4n) is 2.34. The Morgan fingerprint density at radius 1 is 1.09 bits per heavy atom. The first-order chi connectivity index (χ1) is 11.0. The highest BCUT2D eigenvalue weighted by Crippen LogP contribution is 2.29. The molecule has 2 aromatic carbocycles. The number of nitrogens with one attached hydrogen (secondary N) is 2. The molecule has 0 radical (unpaired) electrons. The predicted octanol–water partition coefficient (Wildman–Crippen LogP) is 4.06. The number of thiocarbonyl (C=S) groups is 1. The monoisotopic (exact) mass is 330 g/mol. The summed E-state index contributed by atoms with van der Waals surface area (Å²) in [7, 11) is 3.30. The van der Waals surface area contributed by atoms with Crippen molar-refractivity contribution in [3.05, 3.63) is 53.6 Å². The summed E-state index contributed by atoms with van der Waals surface area (Å²) < 4.78 is 10.7. The zero-order valence-electron chi connectivity index (χ0n) is 13.8. The van der Waals surface area contributed by atoms with Crippen molar-refractivity contribution >= 4 is 23.0 Å². The number of ether oxygens (including phenoxy) is 2. The van der Waals surface area contributed by atoms with Gasteiger partial charge in [0.15, 0.2) is 5.11 Å². The number of anilines is 1. The lowest BCUT2D eigenvalue weighted by atomic mass is 10.1. The first-order valence-electron chi connectivity index (χ1n) is 7.39. The van der Waals surface area contributed by atoms with Gasteiger partial charge < -0.3 is 20.1 Å². The van der Waals surface area contributed by atoms with Gasteiger partial charge in [0.2, 0.25) is 0 Å². The van der Waals surface area contributed by atoms with Crippen molar-refractivity contribution in [2.75, 3.05) is 19.5 Å². The minimum absolute atomic E-state index is 0.0233. The Hall–Kier alpha value is -2.27. The molecular weight excluding hydrogens is 308 g/mol. The van der Waals surface area contributed by atoms with Gasteiger partial charge in [-0.25, -0.2) is 0 Å². The minimum atomic E-state index is -0.0233. The van der Waals surface area contributed by atoms with Crippen LogP contribution in [-0.4, -0.2) is 19.3 Å². The molecule has 2 N–H and O–H groups in total. The Kier molecular flexibility index (Phi) is 5.82. The highest BCUT2D eigenvalue weighted by atomic mass is 32.1. The number of hydrogen-bond acceptors (Lipinski definition) is 3. The predicted molar refractivity (Wildman–Crippen MR) is 98.5 cm³/mol. The zero-order valence-corrected chi connectivity index (χ0v) is 14.7. The standard InChI is InChI=1S/C18H22N2O2S/c1-12-6-5-7-14(10-12)20-18(23)19-13(2)16-11-15(21-3)8-9-17(16)22-4/h5-11,13H,1-4H3,(H2,19,20,23)/t13-/m1/s1. The molecule has 0 saturated heterocycles. The van der Waals surface area contributed by atoms with E-state index in [0.29, 0.717) is 5.11 Å². The van der Waals surface area contributed by atoms with Gasteiger partial charge in [-0.05, 0) is 62.0 Å². The van der Waals surface area contributed by atoms with Gasteiger partial charge in [0, 0.05) is 11.3 Å². The van der Waals surface area contributed by atoms with Crippen LogP contribution in [0.2, 0.25) is 0 Å². The Labute approximate surface area is 142 Å². The molecule has 23 heavy (non-hydrogen) atoms. The fraction of sp³-hybridized carbons (Fsp3) is 0.278. The van der Waals surface area contributed by atoms with Crippen LogP contribution in [-0.2, 0) is 0 Å². The average molecular weight is 330 g/mol. The summed E-state index contributed by atoms with van der Waals surface area (Å²) in [6, 6.07) is 13.8. The molecule has 122 valence electrons. The van der Waals surface area contributed by atoms with Gasteiger partial charge in [0.05, 0.1) is 20.3 Å². The van der Waals surface area contributed by atoms with Gasteiger partial charge in [-0.15, -0.1) is 0 Å². The van der Waals surface area contributed by atoms with Crippen LogP contribution in [0.3, 0.4) is 0 Å². The van der Waals surface area contributed by atoms with E-state index in [1.165, 1.54) is 5.56 Å². The largest absolute Gasteiger partial charge is 0.497 e. The molecule has 0 spiro atoms. The number of benzene rings is 2. The average Bonchev–Trinajstić information content (AvgIpc) is 2.54. The topological polar surface area (TPSA) is 42.5 Å². The second kappa shape index (κ2) is 7.83. The van der Waals surface area contributed by atoms with E-state index in [1.54, 1.807) is 14.2 Å². The van der Waals surface area contributed by atoms with E-state index in [4.69, 9.17) is 21.7 Å². The number of hydrogen-bond donors (Lipinski definition) is 2. The molecule has 0 fully saturated rings. The summed E-state index contributed by atoms with van der Waals surface area (Å²) in [5, 5.41) is 7.04. The maximum atomic E-state index is 5.42. The van der Waals surface area contributed by atoms with Crippen LogP contribution in [0.1, 0.15) is 24.1 Å². The summed E-state index contributed by atoms with van der Waals surface area (Å²) in [4.78, 5) is 0. The van der Waals surface area contributed by atoms with Crippen molar-refractivity contribution in [3.8, 4) is 11.5 Å². The third-order valence-electron chi connectivity index (χ3n) is 3.53. The smallest absolute Gasteiger partial charge is 0.171 e. The molecule has 2 aromatic rings. The summed E-state index contributed by atoms with van der Waals surface area (Å²) in [6.45, 7) is 4.08. The van der Waals surface area contributed by atoms with Crippen molar-refractivity contribution in [1.82, 2.24) is 5.32 Å². The molecule has 4 nitrogen and oxygen atoms in total. The number of aryl methyl sites for hydroxylation is 1. The summed E-state index contributed by atoms with van der Waals surface area (Å²) in [5.41, 5.74) is 3.13. The molecule has 1 atom stereocenters. The van der Waals surface area contributed by atoms with Gasteiger partial charge in [0.25, 0.3) is 0 Å². The van der Waals surface area contributed by atoms with Gasteiger partial charge in [-0.3, -0.25) is 0 Å². The van der Waals surface area contributed by atoms with Crippen LogP contribution < -0.4 is 20.1 Å². The molecule has 0 saturated carbocycles. The Morgan fingerprint density at radius 2 is 1.87 bits per heavy atom. The molecule has 2 rings (SSSR count). The maximum absolute atomic E-state index is 5.42. The molecule has 0 unspecified atom stereocenters. The third-order valence-corrected chi connectivity index (χ3v) is 3.75. The molecule has 0 aliphatic heterocycles. The minimum Gasteiger partial charge on any atom is -0.497 e. The van der Waals surface area contributed by atoms with Crippen LogP contribution in [0.5, 0.6) is 11.5 Å². The van der Waals surface area contributed by atoms with E-state index < -0.39 is 0 Å². The summed E-state index contributed by atoms with van der Waals surface area (Å²) in [6.07, 6.45) is 0. The van der Waals surface area contributed by atoms with Crippen LogP contribution in [0.25, 0.3) is 0 Å². The molecule has 0 amide bonds. The lowest BCUT2D eigenvalue weighted by molar-refractivity contribution is 0.395. The SMILES string of the molecule is COc1ccc(OC)c([C@@H](C)NC(=S)Nc2cccc(C)c2)c1. The van der Waals surface area contributed by atoms with Crippen molar-refractivity contribution in [2.45, 2.75) is 19.9 Å². The molecule has 0 bridgehead atoms. The third kappa shape index (κ3) is 4.60. The first kappa shape index (κ1) is 17.1. The Bertz CT molecular complexity index is 688. The summed E-state index contributed by atoms with van der Waals surface area (Å²) >= 11 is 5.40. The molecule has 0 aromatic heterocycles. The van der Waals surface area contributed by atoms with Gasteiger partial charge in [-0.1, -0.05) is 12.1 Å². The van der Waals surface area contributed by atoms with Gasteiger partial charge in [-0.2, -0.15) is 0 Å². The first-order valence-corrected chi connectivity index (χ1v) is 7.80. The zero-order chi connectivity index (χ0) is 16.8. The van der Waals surface area contributed by atoms with E-state index >= 15 is 0 Å². The number of rotatable bonds is 5. The number of methoxy groups -OCH3 is 2. The Morgan fingerprint density at radius 3 is 2.52 bits per heavy atom. The fourth-order valence-corrected chi connectivity index (χ4v) is 2.64. The highest BCUT2D eigenvalue weighted by molar-refractivity contribution is 7.80. The molecule has 0 heterocycles. The van der Waals surface area contributed by atoms with Crippen LogP contribution >= 0.6 is 12.2 Å². The van der Waals surface area contributed by atoms with Gasteiger partial charge in [0.1, 0.15) is 11.5 Å². The highest BCUT2D eigenvalue weighted by Gasteiger charge is 2.14. The molecule has 0 aliphatic rings. The molecular formula is C18H22N2O2S. The van der Waals surface area contributed by atoms with E-state index in [2.05, 4.69) is 10.6 Å². The van der Waals surface area contributed by atoms with E-state index in [-0.39, 0.29) is 6.04 Å². The second-order valence-electron chi connectivity index (χ2n) is 5.30. The maximum Gasteiger partial charge on any atom is 0.171 e. The normalized spacial score (nSPS) is 11.5. The van der Waals surface area contributed by atoms with Crippen LogP contribution in [0.15, 0.2) is 42.5 Å². The second-order valence-corrected chi connectivity index (χ2v) is 5.71. The van der Waals surface area contributed by atoms with Crippen molar-refractivity contribution < 1.29 is 9.47 Å². The summed E-state index contributed by atoms with van der Waals surface area (Å²) in [5.74, 6) is 1.58. The van der Waals surface area contributed by atoms with Crippen molar-refractivity contribution in [3.63, 3.8) is 0 Å². The molecule has 5 heteroatoms. The van der Waals surface area contributed by atoms with E-state index in [0.717, 1.165) is 22.7 Å². The van der Waals surface area contributed by atoms with Crippen molar-refractivity contribution in [2.24, 2.45) is 0 Å². The van der Waals surface area contributed by atoms with Crippen LogP contribution in [0.4, 0.5) is 5.69 Å². The van der Waals surface area contributed by atoms with E-state index in [1.807, 2.05) is 56.3 Å². The quantitative estimate of drug-likeness (QED) is 0.809. The van der Waals surface area contributed by atoms with E-state index in [9.17, 15) is 0 Å².